The highest BCUT2D eigenvalue weighted by Crippen LogP contribution is 1.94. The monoisotopic (exact) mass is 271 g/mol. The van der Waals surface area contributed by atoms with E-state index in [1.165, 1.54) is 38.9 Å². The van der Waals surface area contributed by atoms with Crippen LogP contribution in [0.5, 0.6) is 0 Å². The molecule has 0 bridgehead atoms. The Hall–Kier alpha value is -0.830. The molecule has 0 spiro atoms. The van der Waals surface area contributed by atoms with E-state index in [9.17, 15) is 4.79 Å². The van der Waals surface area contributed by atoms with Crippen LogP contribution in [0.15, 0.2) is 12.2 Å². The van der Waals surface area contributed by atoms with E-state index < -0.39 is 0 Å². The maximum atomic E-state index is 10.6. The maximum absolute atomic E-state index is 10.6. The molecule has 0 saturated heterocycles. The van der Waals surface area contributed by atoms with Gasteiger partial charge in [-0.1, -0.05) is 34.3 Å². The van der Waals surface area contributed by atoms with Gasteiger partial charge in [-0.15, -0.1) is 0 Å². The van der Waals surface area contributed by atoms with Gasteiger partial charge in [-0.2, -0.15) is 0 Å². The average molecular weight is 271 g/mol. The molecular formula is C16H33NO2. The summed E-state index contributed by atoms with van der Waals surface area (Å²) >= 11 is 0. The fraction of sp³-hybridized carbons (Fsp3) is 0.812. The van der Waals surface area contributed by atoms with Crippen LogP contribution in [0.4, 0.5) is 0 Å². The minimum absolute atomic E-state index is 0.295. The van der Waals surface area contributed by atoms with Crippen molar-refractivity contribution in [1.29, 1.82) is 0 Å². The molecule has 19 heavy (non-hydrogen) atoms. The molecule has 0 aromatic heterocycles. The number of esters is 1. The normalized spacial score (nSPS) is 9.79. The van der Waals surface area contributed by atoms with Crippen LogP contribution in [-0.2, 0) is 9.53 Å². The van der Waals surface area contributed by atoms with Gasteiger partial charge in [0.05, 0.1) is 6.61 Å². The molecule has 0 fully saturated rings. The van der Waals surface area contributed by atoms with Crippen molar-refractivity contribution in [2.45, 2.75) is 60.3 Å². The molecule has 0 aliphatic rings. The van der Waals surface area contributed by atoms with Gasteiger partial charge in [0, 0.05) is 5.57 Å². The van der Waals surface area contributed by atoms with Crippen LogP contribution < -0.4 is 0 Å². The van der Waals surface area contributed by atoms with Crippen molar-refractivity contribution >= 4 is 5.97 Å². The van der Waals surface area contributed by atoms with Crippen LogP contribution >= 0.6 is 0 Å². The van der Waals surface area contributed by atoms with Crippen LogP contribution in [0.25, 0.3) is 0 Å². The largest absolute Gasteiger partial charge is 0.462 e. The van der Waals surface area contributed by atoms with Gasteiger partial charge in [-0.3, -0.25) is 0 Å². The molecule has 3 heteroatoms. The van der Waals surface area contributed by atoms with E-state index >= 15 is 0 Å². The summed E-state index contributed by atoms with van der Waals surface area (Å²) in [5.74, 6) is -0.295. The molecule has 0 heterocycles. The Morgan fingerprint density at radius 3 is 1.63 bits per heavy atom. The van der Waals surface area contributed by atoms with Crippen molar-refractivity contribution in [3.05, 3.63) is 12.2 Å². The molecule has 3 nitrogen and oxygen atoms in total. The highest BCUT2D eigenvalue weighted by atomic mass is 16.5. The van der Waals surface area contributed by atoms with Gasteiger partial charge in [0.2, 0.25) is 0 Å². The Bertz CT molecular complexity index is 213. The lowest BCUT2D eigenvalue weighted by molar-refractivity contribution is -0.138. The van der Waals surface area contributed by atoms with E-state index in [1.54, 1.807) is 6.92 Å². The fourth-order valence-corrected chi connectivity index (χ4v) is 1.60. The predicted molar refractivity (Wildman–Crippen MR) is 83.4 cm³/mol. The lowest BCUT2D eigenvalue weighted by Crippen LogP contribution is -2.25. The standard InChI is InChI=1S/C9H21N.C7H12O2/c1-4-7-10(8-5-2)9-6-3;1-4-5-9-7(8)6(2)3/h4-9H2,1-3H3;2,4-5H2,1,3H3. The zero-order valence-corrected chi connectivity index (χ0v) is 13.6. The number of rotatable bonds is 9. The summed E-state index contributed by atoms with van der Waals surface area (Å²) < 4.78 is 4.71. The molecule has 0 radical (unpaired) electrons. The van der Waals surface area contributed by atoms with Crippen molar-refractivity contribution in [2.24, 2.45) is 0 Å². The minimum Gasteiger partial charge on any atom is -0.462 e. The summed E-state index contributed by atoms with van der Waals surface area (Å²) in [6, 6.07) is 0. The van der Waals surface area contributed by atoms with Gasteiger partial charge in [0.1, 0.15) is 0 Å². The Labute approximate surface area is 120 Å². The van der Waals surface area contributed by atoms with E-state index in [2.05, 4.69) is 32.3 Å². The first-order chi connectivity index (χ1) is 9.03. The van der Waals surface area contributed by atoms with Crippen molar-refractivity contribution in [1.82, 2.24) is 4.90 Å². The molecule has 0 atom stereocenters. The average Bonchev–Trinajstić information content (AvgIpc) is 2.37. The van der Waals surface area contributed by atoms with E-state index in [0.717, 1.165) is 6.42 Å². The van der Waals surface area contributed by atoms with Crippen LogP contribution in [-0.4, -0.2) is 37.1 Å². The summed E-state index contributed by atoms with van der Waals surface area (Å²) in [7, 11) is 0. The zero-order chi connectivity index (χ0) is 15.1. The molecule has 0 aromatic rings. The summed E-state index contributed by atoms with van der Waals surface area (Å²) in [4.78, 5) is 13.1. The second-order valence-electron chi connectivity index (χ2n) is 4.76. The Kier molecular flexibility index (Phi) is 16.4. The second kappa shape index (κ2) is 15.2. The third-order valence-electron chi connectivity index (χ3n) is 2.41. The fourth-order valence-electron chi connectivity index (χ4n) is 1.60. The third kappa shape index (κ3) is 15.1. The summed E-state index contributed by atoms with van der Waals surface area (Å²) in [5, 5.41) is 0. The quantitative estimate of drug-likeness (QED) is 0.468. The van der Waals surface area contributed by atoms with Gasteiger partial charge in [0.25, 0.3) is 0 Å². The van der Waals surface area contributed by atoms with E-state index in [0.29, 0.717) is 12.2 Å². The Morgan fingerprint density at radius 1 is 0.947 bits per heavy atom. The number of hydrogen-bond donors (Lipinski definition) is 0. The highest BCUT2D eigenvalue weighted by Gasteiger charge is 1.99. The first-order valence-electron chi connectivity index (χ1n) is 7.58. The third-order valence-corrected chi connectivity index (χ3v) is 2.41. The summed E-state index contributed by atoms with van der Waals surface area (Å²) in [6.07, 6.45) is 4.74. The van der Waals surface area contributed by atoms with Gasteiger partial charge < -0.3 is 9.64 Å². The minimum atomic E-state index is -0.295. The van der Waals surface area contributed by atoms with Gasteiger partial charge in [-0.05, 0) is 52.2 Å². The number of ether oxygens (including phenoxy) is 1. The predicted octanol–water partition coefficient (Wildman–Crippen LogP) is 4.03. The molecular weight excluding hydrogens is 238 g/mol. The number of nitrogens with zero attached hydrogens (tertiary/aromatic N) is 1. The van der Waals surface area contributed by atoms with Crippen molar-refractivity contribution in [3.63, 3.8) is 0 Å². The van der Waals surface area contributed by atoms with Crippen LogP contribution in [0.3, 0.4) is 0 Å². The molecule has 114 valence electrons. The molecule has 0 N–H and O–H groups in total. The van der Waals surface area contributed by atoms with E-state index in [-0.39, 0.29) is 5.97 Å². The van der Waals surface area contributed by atoms with Gasteiger partial charge in [0.15, 0.2) is 0 Å². The van der Waals surface area contributed by atoms with Crippen molar-refractivity contribution < 1.29 is 9.53 Å². The molecule has 0 rings (SSSR count). The first kappa shape index (κ1) is 20.5. The second-order valence-corrected chi connectivity index (χ2v) is 4.76. The SMILES string of the molecule is C=C(C)C(=O)OCCC.CCCN(CCC)CCC. The molecule has 0 aromatic carbocycles. The lowest BCUT2D eigenvalue weighted by Gasteiger charge is -2.19. The summed E-state index contributed by atoms with van der Waals surface area (Å²) in [6.45, 7) is 18.1. The Balaban J connectivity index is 0. The van der Waals surface area contributed by atoms with Gasteiger partial charge >= 0.3 is 5.97 Å². The Morgan fingerprint density at radius 2 is 1.37 bits per heavy atom. The molecule has 0 unspecified atom stereocenters. The smallest absolute Gasteiger partial charge is 0.333 e. The zero-order valence-electron chi connectivity index (χ0n) is 13.6. The number of carbonyl (C=O) groups is 1. The summed E-state index contributed by atoms with van der Waals surface area (Å²) in [5.41, 5.74) is 0.462. The van der Waals surface area contributed by atoms with Crippen LogP contribution in [0.1, 0.15) is 60.3 Å². The first-order valence-corrected chi connectivity index (χ1v) is 7.58. The maximum Gasteiger partial charge on any atom is 0.333 e. The molecule has 0 amide bonds. The molecule has 0 saturated carbocycles. The topological polar surface area (TPSA) is 29.5 Å². The van der Waals surface area contributed by atoms with Gasteiger partial charge in [-0.25, -0.2) is 4.79 Å². The number of carbonyl (C=O) groups excluding carboxylic acids is 1. The molecule has 0 aliphatic carbocycles. The van der Waals surface area contributed by atoms with Crippen molar-refractivity contribution in [3.8, 4) is 0 Å². The van der Waals surface area contributed by atoms with E-state index in [4.69, 9.17) is 4.74 Å². The highest BCUT2D eigenvalue weighted by molar-refractivity contribution is 5.86. The lowest BCUT2D eigenvalue weighted by atomic mass is 10.3. The van der Waals surface area contributed by atoms with Crippen molar-refractivity contribution in [2.75, 3.05) is 26.2 Å². The van der Waals surface area contributed by atoms with Crippen LogP contribution in [0, 0.1) is 0 Å². The molecule has 0 aliphatic heterocycles. The number of hydrogen-bond acceptors (Lipinski definition) is 3. The van der Waals surface area contributed by atoms with E-state index in [1.807, 2.05) is 6.92 Å². The van der Waals surface area contributed by atoms with Crippen LogP contribution in [0.2, 0.25) is 0 Å².